The highest BCUT2D eigenvalue weighted by Crippen LogP contribution is 2.42. The largest absolute Gasteiger partial charge is 0.439 e. The molecule has 1 amide bonds. The number of nitrogens with one attached hydrogen (secondary N) is 1. The number of primary amides is 1. The average molecular weight is 257 g/mol. The summed E-state index contributed by atoms with van der Waals surface area (Å²) in [6, 6.07) is 6.06. The Morgan fingerprint density at radius 3 is 2.95 bits per heavy atom. The first-order valence-electron chi connectivity index (χ1n) is 6.67. The minimum absolute atomic E-state index is 0.172. The topological polar surface area (TPSA) is 81.2 Å². The molecule has 2 aromatic rings. The third kappa shape index (κ3) is 1.58. The molecule has 0 radical (unpaired) electrons. The molecule has 4 rings (SSSR count). The molecule has 3 unspecified atom stereocenters. The van der Waals surface area contributed by atoms with Gasteiger partial charge in [0.05, 0.1) is 11.6 Å². The molecule has 0 spiro atoms. The summed E-state index contributed by atoms with van der Waals surface area (Å²) in [5, 5.41) is 3.54. The number of amides is 1. The lowest BCUT2D eigenvalue weighted by atomic mass is 9.80. The lowest BCUT2D eigenvalue weighted by Crippen LogP contribution is -2.35. The zero-order chi connectivity index (χ0) is 13.0. The van der Waals surface area contributed by atoms with Gasteiger partial charge in [0.15, 0.2) is 5.58 Å². The van der Waals surface area contributed by atoms with Crippen molar-refractivity contribution < 1.29 is 9.21 Å². The molecular weight excluding hydrogens is 242 g/mol. The number of oxazole rings is 1. The van der Waals surface area contributed by atoms with Gasteiger partial charge in [0.25, 0.3) is 5.91 Å². The first kappa shape index (κ1) is 11.0. The van der Waals surface area contributed by atoms with Crippen molar-refractivity contribution in [3.05, 3.63) is 29.7 Å². The van der Waals surface area contributed by atoms with Gasteiger partial charge >= 0.3 is 0 Å². The number of benzene rings is 1. The quantitative estimate of drug-likeness (QED) is 0.858. The van der Waals surface area contributed by atoms with Crippen molar-refractivity contribution in [2.75, 3.05) is 0 Å². The Balaban J connectivity index is 1.75. The number of fused-ring (bicyclic) bond motifs is 2. The maximum Gasteiger partial charge on any atom is 0.251 e. The van der Waals surface area contributed by atoms with Crippen LogP contribution in [0.25, 0.3) is 11.1 Å². The Kier molecular flexibility index (Phi) is 2.20. The van der Waals surface area contributed by atoms with E-state index in [9.17, 15) is 4.79 Å². The zero-order valence-corrected chi connectivity index (χ0v) is 10.4. The summed E-state index contributed by atoms with van der Waals surface area (Å²) in [7, 11) is 0. The number of carbonyl (C=O) groups excluding carboxylic acids is 1. The third-order valence-electron chi connectivity index (χ3n) is 4.37. The maximum atomic E-state index is 11.4. The van der Waals surface area contributed by atoms with Gasteiger partial charge in [0.2, 0.25) is 5.89 Å². The molecule has 1 saturated heterocycles. The Bertz CT molecular complexity index is 652. The SMILES string of the molecule is NC(=O)c1cccc2oc(C3CC4CCC4N3)nc12. The van der Waals surface area contributed by atoms with Gasteiger partial charge in [0, 0.05) is 6.04 Å². The number of carbonyl (C=O) groups is 1. The number of aromatic nitrogens is 1. The molecule has 2 aliphatic rings. The van der Waals surface area contributed by atoms with Crippen LogP contribution >= 0.6 is 0 Å². The Morgan fingerprint density at radius 2 is 2.32 bits per heavy atom. The molecule has 98 valence electrons. The van der Waals surface area contributed by atoms with Crippen LogP contribution in [-0.4, -0.2) is 16.9 Å². The van der Waals surface area contributed by atoms with E-state index in [-0.39, 0.29) is 6.04 Å². The molecule has 1 saturated carbocycles. The Labute approximate surface area is 110 Å². The van der Waals surface area contributed by atoms with Crippen molar-refractivity contribution in [3.8, 4) is 0 Å². The minimum atomic E-state index is -0.468. The van der Waals surface area contributed by atoms with E-state index >= 15 is 0 Å². The molecule has 1 aliphatic carbocycles. The summed E-state index contributed by atoms with van der Waals surface area (Å²) in [6.45, 7) is 0. The van der Waals surface area contributed by atoms with E-state index in [0.717, 1.165) is 12.3 Å². The number of nitrogens with zero attached hydrogens (tertiary/aromatic N) is 1. The number of hydrogen-bond acceptors (Lipinski definition) is 4. The molecule has 1 aromatic carbocycles. The van der Waals surface area contributed by atoms with E-state index in [1.54, 1.807) is 12.1 Å². The molecular formula is C14H15N3O2. The van der Waals surface area contributed by atoms with Crippen LogP contribution in [0.5, 0.6) is 0 Å². The number of nitrogens with two attached hydrogens (primary N) is 1. The van der Waals surface area contributed by atoms with Crippen molar-refractivity contribution in [2.24, 2.45) is 11.7 Å². The van der Waals surface area contributed by atoms with E-state index in [2.05, 4.69) is 10.3 Å². The fourth-order valence-electron chi connectivity index (χ4n) is 3.19. The van der Waals surface area contributed by atoms with Crippen LogP contribution in [0.1, 0.15) is 41.6 Å². The molecule has 5 heteroatoms. The van der Waals surface area contributed by atoms with Crippen LogP contribution in [0.4, 0.5) is 0 Å². The molecule has 2 heterocycles. The summed E-state index contributed by atoms with van der Waals surface area (Å²) in [5.74, 6) is 0.971. The standard InChI is InChI=1S/C14H15N3O2/c15-13(18)8-2-1-3-11-12(8)17-14(19-11)10-6-7-4-5-9(7)16-10/h1-3,7,9-10,16H,4-6H2,(H2,15,18). The van der Waals surface area contributed by atoms with Crippen LogP contribution in [0, 0.1) is 5.92 Å². The minimum Gasteiger partial charge on any atom is -0.439 e. The van der Waals surface area contributed by atoms with Gasteiger partial charge < -0.3 is 15.5 Å². The van der Waals surface area contributed by atoms with Gasteiger partial charge in [-0.05, 0) is 37.3 Å². The van der Waals surface area contributed by atoms with E-state index in [4.69, 9.17) is 10.2 Å². The summed E-state index contributed by atoms with van der Waals surface area (Å²) in [6.07, 6.45) is 3.61. The zero-order valence-electron chi connectivity index (χ0n) is 10.4. The molecule has 3 atom stereocenters. The number of rotatable bonds is 2. The van der Waals surface area contributed by atoms with E-state index < -0.39 is 5.91 Å². The normalized spacial score (nSPS) is 29.2. The highest BCUT2D eigenvalue weighted by molar-refractivity contribution is 6.03. The van der Waals surface area contributed by atoms with Crippen molar-refractivity contribution in [2.45, 2.75) is 31.3 Å². The average Bonchev–Trinajstić information content (AvgIpc) is 2.91. The second kappa shape index (κ2) is 3.81. The van der Waals surface area contributed by atoms with Crippen molar-refractivity contribution in [1.29, 1.82) is 0 Å². The fourth-order valence-corrected chi connectivity index (χ4v) is 3.19. The molecule has 2 fully saturated rings. The first-order chi connectivity index (χ1) is 9.22. The van der Waals surface area contributed by atoms with Crippen molar-refractivity contribution in [1.82, 2.24) is 10.3 Å². The lowest BCUT2D eigenvalue weighted by molar-refractivity contribution is 0.100. The van der Waals surface area contributed by atoms with Crippen LogP contribution in [-0.2, 0) is 0 Å². The molecule has 1 aromatic heterocycles. The maximum absolute atomic E-state index is 11.4. The molecule has 19 heavy (non-hydrogen) atoms. The van der Waals surface area contributed by atoms with Gasteiger partial charge in [-0.1, -0.05) is 6.07 Å². The van der Waals surface area contributed by atoms with Crippen LogP contribution in [0.2, 0.25) is 0 Å². The van der Waals surface area contributed by atoms with Crippen molar-refractivity contribution in [3.63, 3.8) is 0 Å². The van der Waals surface area contributed by atoms with Gasteiger partial charge in [0.1, 0.15) is 5.52 Å². The molecule has 5 nitrogen and oxygen atoms in total. The predicted octanol–water partition coefficient (Wildman–Crippen LogP) is 1.74. The van der Waals surface area contributed by atoms with E-state index in [1.807, 2.05) is 6.07 Å². The van der Waals surface area contributed by atoms with E-state index in [1.165, 1.54) is 12.8 Å². The highest BCUT2D eigenvalue weighted by Gasteiger charge is 2.42. The van der Waals surface area contributed by atoms with E-state index in [0.29, 0.717) is 28.6 Å². The van der Waals surface area contributed by atoms with Crippen LogP contribution < -0.4 is 11.1 Å². The number of hydrogen-bond donors (Lipinski definition) is 2. The van der Waals surface area contributed by atoms with Gasteiger partial charge in [-0.3, -0.25) is 4.79 Å². The Morgan fingerprint density at radius 1 is 1.42 bits per heavy atom. The van der Waals surface area contributed by atoms with Crippen molar-refractivity contribution >= 4 is 17.0 Å². The summed E-state index contributed by atoms with van der Waals surface area (Å²) < 4.78 is 5.79. The smallest absolute Gasteiger partial charge is 0.251 e. The predicted molar refractivity (Wildman–Crippen MR) is 69.5 cm³/mol. The molecule has 1 aliphatic heterocycles. The summed E-state index contributed by atoms with van der Waals surface area (Å²) >= 11 is 0. The number of para-hydroxylation sites is 1. The van der Waals surface area contributed by atoms with Crippen LogP contribution in [0.3, 0.4) is 0 Å². The van der Waals surface area contributed by atoms with Gasteiger partial charge in [-0.15, -0.1) is 0 Å². The van der Waals surface area contributed by atoms with Gasteiger partial charge in [-0.2, -0.15) is 0 Å². The second-order valence-corrected chi connectivity index (χ2v) is 5.47. The highest BCUT2D eigenvalue weighted by atomic mass is 16.3. The molecule has 3 N–H and O–H groups in total. The summed E-state index contributed by atoms with van der Waals surface area (Å²) in [4.78, 5) is 15.9. The second-order valence-electron chi connectivity index (χ2n) is 5.47. The third-order valence-corrected chi connectivity index (χ3v) is 4.37. The summed E-state index contributed by atoms with van der Waals surface area (Å²) in [5.41, 5.74) is 6.99. The Hall–Kier alpha value is -1.88. The lowest BCUT2D eigenvalue weighted by Gasteiger charge is -2.29. The van der Waals surface area contributed by atoms with Crippen LogP contribution in [0.15, 0.2) is 22.6 Å². The molecule has 0 bridgehead atoms. The van der Waals surface area contributed by atoms with Gasteiger partial charge in [-0.25, -0.2) is 4.98 Å². The fraction of sp³-hybridized carbons (Fsp3) is 0.429. The monoisotopic (exact) mass is 257 g/mol. The first-order valence-corrected chi connectivity index (χ1v) is 6.67.